The molecule has 0 fully saturated rings. The third-order valence-corrected chi connectivity index (χ3v) is 7.76. The number of alkyl carbamates (subject to hydrolysis) is 1. The summed E-state index contributed by atoms with van der Waals surface area (Å²) in [4.78, 5) is 69.4. The van der Waals surface area contributed by atoms with Crippen LogP contribution >= 0.6 is 11.6 Å². The van der Waals surface area contributed by atoms with Crippen LogP contribution in [0, 0.1) is 0 Å². The number of hydrogen-bond donors (Lipinski definition) is 1. The average Bonchev–Trinajstić information content (AvgIpc) is 2.97. The molecule has 3 rings (SSSR count). The highest BCUT2D eigenvalue weighted by atomic mass is 35.5. The Morgan fingerprint density at radius 2 is 1.16 bits per heavy atom. The molecule has 1 heterocycles. The maximum atomic E-state index is 13.4. The number of imide groups is 1. The van der Waals surface area contributed by atoms with Crippen LogP contribution < -0.4 is 5.32 Å². The van der Waals surface area contributed by atoms with Crippen molar-refractivity contribution in [2.24, 2.45) is 0 Å². The lowest BCUT2D eigenvalue weighted by Crippen LogP contribution is -2.43. The number of amides is 5. The largest absolute Gasteiger partial charge is 0.444 e. The SMILES string of the molecule is CC(C)(C)OC(=O)NCCCN(CCCCN(CCCN1C(=O)c2cccc3c(Cl)ccc(c23)C1=O)C(=O)OC(C)(C)C)C(=O)OC(C)(C)C. The number of benzene rings is 2. The smallest absolute Gasteiger partial charge is 0.410 e. The van der Waals surface area contributed by atoms with Gasteiger partial charge in [0.15, 0.2) is 0 Å². The Hall–Kier alpha value is -4.06. The van der Waals surface area contributed by atoms with Gasteiger partial charge >= 0.3 is 18.3 Å². The van der Waals surface area contributed by atoms with Gasteiger partial charge in [-0.1, -0.05) is 23.7 Å². The lowest BCUT2D eigenvalue weighted by Gasteiger charge is -2.30. The summed E-state index contributed by atoms with van der Waals surface area (Å²) in [5.41, 5.74) is -1.19. The molecule has 276 valence electrons. The molecule has 1 aliphatic rings. The highest BCUT2D eigenvalue weighted by molar-refractivity contribution is 6.38. The second-order valence-electron chi connectivity index (χ2n) is 15.4. The molecule has 12 nitrogen and oxygen atoms in total. The van der Waals surface area contributed by atoms with Crippen molar-refractivity contribution in [1.29, 1.82) is 0 Å². The van der Waals surface area contributed by atoms with E-state index in [9.17, 15) is 24.0 Å². The zero-order chi connectivity index (χ0) is 37.4. The summed E-state index contributed by atoms with van der Waals surface area (Å²) in [6.07, 6.45) is 0.443. The van der Waals surface area contributed by atoms with Gasteiger partial charge in [-0.15, -0.1) is 0 Å². The van der Waals surface area contributed by atoms with E-state index in [4.69, 9.17) is 25.8 Å². The molecule has 2 aromatic carbocycles. The Bertz CT molecular complexity index is 1540. The highest BCUT2D eigenvalue weighted by Crippen LogP contribution is 2.34. The van der Waals surface area contributed by atoms with Crippen molar-refractivity contribution in [3.63, 3.8) is 0 Å². The Balaban J connectivity index is 1.61. The lowest BCUT2D eigenvalue weighted by atomic mass is 9.94. The summed E-state index contributed by atoms with van der Waals surface area (Å²) in [6, 6.07) is 8.52. The fraction of sp³-hybridized carbons (Fsp3) is 0.595. The van der Waals surface area contributed by atoms with Crippen LogP contribution in [0.1, 0.15) is 109 Å². The van der Waals surface area contributed by atoms with E-state index >= 15 is 0 Å². The van der Waals surface area contributed by atoms with Gasteiger partial charge in [-0.25, -0.2) is 14.4 Å². The second kappa shape index (κ2) is 16.8. The van der Waals surface area contributed by atoms with Crippen molar-refractivity contribution in [3.05, 3.63) is 46.5 Å². The Morgan fingerprint density at radius 3 is 1.68 bits per heavy atom. The zero-order valence-corrected chi connectivity index (χ0v) is 31.7. The maximum absolute atomic E-state index is 13.4. The van der Waals surface area contributed by atoms with Gasteiger partial charge < -0.3 is 29.3 Å². The predicted molar refractivity (Wildman–Crippen MR) is 193 cm³/mol. The van der Waals surface area contributed by atoms with Crippen molar-refractivity contribution < 1.29 is 38.2 Å². The average molecular weight is 717 g/mol. The molecule has 0 atom stereocenters. The predicted octanol–water partition coefficient (Wildman–Crippen LogP) is 7.65. The van der Waals surface area contributed by atoms with Gasteiger partial charge in [0.1, 0.15) is 16.8 Å². The van der Waals surface area contributed by atoms with Crippen LogP contribution in [-0.4, -0.2) is 101 Å². The zero-order valence-electron chi connectivity index (χ0n) is 30.9. The number of rotatable bonds is 13. The van der Waals surface area contributed by atoms with Gasteiger partial charge in [-0.05, 0) is 106 Å². The van der Waals surface area contributed by atoms with Gasteiger partial charge in [0.05, 0.1) is 0 Å². The number of halogens is 1. The molecule has 1 N–H and O–H groups in total. The first kappa shape index (κ1) is 40.4. The van der Waals surface area contributed by atoms with Gasteiger partial charge in [0, 0.05) is 66.2 Å². The molecule has 50 heavy (non-hydrogen) atoms. The number of hydrogen-bond acceptors (Lipinski definition) is 8. The van der Waals surface area contributed by atoms with Gasteiger partial charge in [0.2, 0.25) is 0 Å². The van der Waals surface area contributed by atoms with E-state index in [1.54, 1.807) is 102 Å². The third kappa shape index (κ3) is 12.1. The van der Waals surface area contributed by atoms with Crippen molar-refractivity contribution >= 4 is 52.5 Å². The molecule has 0 bridgehead atoms. The van der Waals surface area contributed by atoms with Crippen molar-refractivity contribution in [2.45, 2.75) is 105 Å². The fourth-order valence-electron chi connectivity index (χ4n) is 5.35. The van der Waals surface area contributed by atoms with E-state index in [1.807, 2.05) is 0 Å². The molecule has 5 amide bonds. The number of nitrogens with zero attached hydrogens (tertiary/aromatic N) is 3. The standard InChI is InChI=1S/C37H53ClN4O8/c1-35(2,3)48-32(45)39-19-13-22-40(33(46)49-36(4,5)6)20-10-11-21-41(34(47)50-37(7,8)9)23-14-24-42-30(43)26-16-12-15-25-28(38)18-17-27(29(25)26)31(42)44/h12,15-18H,10-11,13-14,19-24H2,1-9H3,(H,39,45). The topological polar surface area (TPSA) is 135 Å². The van der Waals surface area contributed by atoms with Crippen LogP contribution in [0.4, 0.5) is 14.4 Å². The molecular formula is C37H53ClN4O8. The minimum absolute atomic E-state index is 0.110. The highest BCUT2D eigenvalue weighted by Gasteiger charge is 2.33. The fourth-order valence-corrected chi connectivity index (χ4v) is 5.58. The first-order chi connectivity index (χ1) is 23.2. The molecule has 2 aromatic rings. The lowest BCUT2D eigenvalue weighted by molar-refractivity contribution is 0.0204. The van der Waals surface area contributed by atoms with Crippen LogP contribution in [0.25, 0.3) is 10.8 Å². The van der Waals surface area contributed by atoms with Crippen molar-refractivity contribution in [3.8, 4) is 0 Å². The molecule has 0 saturated carbocycles. The molecule has 1 aliphatic heterocycles. The molecule has 0 aromatic heterocycles. The van der Waals surface area contributed by atoms with E-state index in [2.05, 4.69) is 5.32 Å². The van der Waals surface area contributed by atoms with Crippen LogP contribution in [0.5, 0.6) is 0 Å². The van der Waals surface area contributed by atoms with Crippen LogP contribution in [0.3, 0.4) is 0 Å². The number of unbranched alkanes of at least 4 members (excludes halogenated alkanes) is 1. The molecular weight excluding hydrogens is 664 g/mol. The molecule has 0 radical (unpaired) electrons. The van der Waals surface area contributed by atoms with Crippen LogP contribution in [-0.2, 0) is 14.2 Å². The minimum Gasteiger partial charge on any atom is -0.444 e. The van der Waals surface area contributed by atoms with E-state index in [0.717, 1.165) is 0 Å². The summed E-state index contributed by atoms with van der Waals surface area (Å²) in [5.74, 6) is -0.801. The Kier molecular flexibility index (Phi) is 13.5. The summed E-state index contributed by atoms with van der Waals surface area (Å²) >= 11 is 6.35. The minimum atomic E-state index is -0.724. The van der Waals surface area contributed by atoms with E-state index in [-0.39, 0.29) is 13.1 Å². The van der Waals surface area contributed by atoms with Crippen LogP contribution in [0.2, 0.25) is 5.02 Å². The summed E-state index contributed by atoms with van der Waals surface area (Å²) in [5, 5.41) is 4.39. The number of nitrogens with one attached hydrogen (secondary N) is 1. The van der Waals surface area contributed by atoms with E-state index in [0.29, 0.717) is 78.8 Å². The molecule has 0 spiro atoms. The van der Waals surface area contributed by atoms with Gasteiger partial charge in [0.25, 0.3) is 11.8 Å². The van der Waals surface area contributed by atoms with Crippen LogP contribution in [0.15, 0.2) is 30.3 Å². The van der Waals surface area contributed by atoms with Gasteiger partial charge in [-0.3, -0.25) is 14.5 Å². The van der Waals surface area contributed by atoms with Gasteiger partial charge in [-0.2, -0.15) is 0 Å². The number of ether oxygens (including phenoxy) is 3. The summed E-state index contributed by atoms with van der Waals surface area (Å²) in [7, 11) is 0. The Morgan fingerprint density at radius 1 is 0.680 bits per heavy atom. The summed E-state index contributed by atoms with van der Waals surface area (Å²) < 4.78 is 16.6. The Labute approximate surface area is 300 Å². The quantitative estimate of drug-likeness (QED) is 0.127. The number of carbonyl (C=O) groups is 5. The maximum Gasteiger partial charge on any atom is 0.410 e. The molecule has 0 unspecified atom stereocenters. The van der Waals surface area contributed by atoms with E-state index < -0.39 is 46.9 Å². The second-order valence-corrected chi connectivity index (χ2v) is 15.8. The first-order valence-electron chi connectivity index (χ1n) is 17.2. The summed E-state index contributed by atoms with van der Waals surface area (Å²) in [6.45, 7) is 17.8. The number of carbonyl (C=O) groups excluding carboxylic acids is 5. The molecule has 0 saturated heterocycles. The third-order valence-electron chi connectivity index (χ3n) is 7.43. The van der Waals surface area contributed by atoms with Crippen molar-refractivity contribution in [2.75, 3.05) is 39.3 Å². The van der Waals surface area contributed by atoms with E-state index in [1.165, 1.54) is 4.90 Å². The van der Waals surface area contributed by atoms with Crippen molar-refractivity contribution in [1.82, 2.24) is 20.0 Å². The normalized spacial score (nSPS) is 13.3. The molecule has 13 heteroatoms. The first-order valence-corrected chi connectivity index (χ1v) is 17.5. The molecule has 0 aliphatic carbocycles. The monoisotopic (exact) mass is 716 g/mol.